The van der Waals surface area contributed by atoms with E-state index >= 15 is 0 Å². The molecule has 4 rings (SSSR count). The van der Waals surface area contributed by atoms with Crippen molar-refractivity contribution in [2.75, 3.05) is 20.1 Å². The van der Waals surface area contributed by atoms with Gasteiger partial charge >= 0.3 is 0 Å². The van der Waals surface area contributed by atoms with Crippen LogP contribution in [0.3, 0.4) is 0 Å². The molecule has 1 aromatic carbocycles. The van der Waals surface area contributed by atoms with Crippen LogP contribution < -0.4 is 0 Å². The first kappa shape index (κ1) is 17.0. The predicted molar refractivity (Wildman–Crippen MR) is 98.1 cm³/mol. The number of likely N-dealkylation sites (N-methyl/N-ethyl adjacent to an activating group) is 1. The number of benzene rings is 1. The van der Waals surface area contributed by atoms with Crippen LogP contribution in [0.4, 0.5) is 0 Å². The van der Waals surface area contributed by atoms with Gasteiger partial charge in [-0.1, -0.05) is 43.2 Å². The largest absolute Gasteiger partial charge is 0.385 e. The summed E-state index contributed by atoms with van der Waals surface area (Å²) in [6.07, 6.45) is 7.11. The highest BCUT2D eigenvalue weighted by Crippen LogP contribution is 2.47. The molecule has 136 valence electrons. The molecule has 0 radical (unpaired) electrons. The Morgan fingerprint density at radius 1 is 1.08 bits per heavy atom. The number of carbonyl (C=O) groups excluding carboxylic acids is 1. The lowest BCUT2D eigenvalue weighted by Crippen LogP contribution is -2.61. The number of hydrogen-bond donors (Lipinski definition) is 1. The number of nitrogens with zero attached hydrogens (tertiary/aromatic N) is 2. The molecule has 3 unspecified atom stereocenters. The predicted octanol–water partition coefficient (Wildman–Crippen LogP) is 2.76. The van der Waals surface area contributed by atoms with Gasteiger partial charge in [0.05, 0.1) is 11.6 Å². The number of rotatable bonds is 2. The molecule has 2 heterocycles. The number of hydrogen-bond acceptors (Lipinski definition) is 3. The van der Waals surface area contributed by atoms with Crippen LogP contribution in [0, 0.1) is 5.92 Å². The van der Waals surface area contributed by atoms with Crippen molar-refractivity contribution in [1.29, 1.82) is 0 Å². The first-order valence-electron chi connectivity index (χ1n) is 9.90. The van der Waals surface area contributed by atoms with Crippen LogP contribution in [0.25, 0.3) is 0 Å². The highest BCUT2D eigenvalue weighted by molar-refractivity contribution is 5.82. The van der Waals surface area contributed by atoms with E-state index in [1.54, 1.807) is 0 Å². The summed E-state index contributed by atoms with van der Waals surface area (Å²) in [6.45, 7) is 1.70. The third-order valence-corrected chi connectivity index (χ3v) is 6.84. The summed E-state index contributed by atoms with van der Waals surface area (Å²) in [7, 11) is 2.07. The van der Waals surface area contributed by atoms with Crippen LogP contribution in [-0.2, 0) is 10.4 Å². The van der Waals surface area contributed by atoms with E-state index in [4.69, 9.17) is 0 Å². The normalized spacial score (nSPS) is 36.2. The number of likely N-dealkylation sites (tertiary alicyclic amines) is 2. The molecule has 0 bridgehead atoms. The fourth-order valence-corrected chi connectivity index (χ4v) is 5.46. The minimum atomic E-state index is -0.787. The van der Waals surface area contributed by atoms with Crippen molar-refractivity contribution in [3.8, 4) is 0 Å². The Balaban J connectivity index is 1.61. The van der Waals surface area contributed by atoms with Crippen molar-refractivity contribution < 1.29 is 9.90 Å². The Bertz CT molecular complexity index is 620. The number of carbonyl (C=O) groups is 1. The Kier molecular flexibility index (Phi) is 4.59. The molecular formula is C21H30N2O2. The first-order valence-corrected chi connectivity index (χ1v) is 9.90. The van der Waals surface area contributed by atoms with Gasteiger partial charge in [0.1, 0.15) is 0 Å². The summed E-state index contributed by atoms with van der Waals surface area (Å²) < 4.78 is 0. The quantitative estimate of drug-likeness (QED) is 0.899. The Morgan fingerprint density at radius 2 is 1.84 bits per heavy atom. The first-order chi connectivity index (χ1) is 12.1. The molecule has 25 heavy (non-hydrogen) atoms. The molecule has 0 aromatic heterocycles. The molecule has 2 saturated heterocycles. The summed E-state index contributed by atoms with van der Waals surface area (Å²) >= 11 is 0. The second-order valence-electron chi connectivity index (χ2n) is 8.17. The molecule has 1 aromatic rings. The van der Waals surface area contributed by atoms with Crippen LogP contribution in [0.5, 0.6) is 0 Å². The highest BCUT2D eigenvalue weighted by atomic mass is 16.3. The maximum absolute atomic E-state index is 13.2. The average molecular weight is 342 g/mol. The third kappa shape index (κ3) is 2.89. The number of aliphatic hydroxyl groups is 1. The van der Waals surface area contributed by atoms with Crippen molar-refractivity contribution in [2.45, 2.75) is 62.6 Å². The van der Waals surface area contributed by atoms with Gasteiger partial charge < -0.3 is 10.0 Å². The van der Waals surface area contributed by atoms with E-state index < -0.39 is 5.60 Å². The summed E-state index contributed by atoms with van der Waals surface area (Å²) in [4.78, 5) is 17.6. The van der Waals surface area contributed by atoms with Crippen molar-refractivity contribution in [3.63, 3.8) is 0 Å². The van der Waals surface area contributed by atoms with Gasteiger partial charge in [0.2, 0.25) is 5.91 Å². The molecule has 1 N–H and O–H groups in total. The highest BCUT2D eigenvalue weighted by Gasteiger charge is 2.51. The molecule has 1 amide bonds. The zero-order chi connectivity index (χ0) is 17.4. The second kappa shape index (κ2) is 6.73. The minimum absolute atomic E-state index is 0.0468. The lowest BCUT2D eigenvalue weighted by Gasteiger charge is -2.53. The van der Waals surface area contributed by atoms with Crippen molar-refractivity contribution in [3.05, 3.63) is 35.9 Å². The molecule has 3 aliphatic rings. The Morgan fingerprint density at radius 3 is 2.56 bits per heavy atom. The molecule has 0 spiro atoms. The van der Waals surface area contributed by atoms with E-state index in [0.29, 0.717) is 18.9 Å². The molecule has 1 saturated carbocycles. The SMILES string of the molecule is CN1CCC[C@H]1C(=O)N1CCC(O)(c2ccccc2)C2CCCCC21. The maximum atomic E-state index is 13.2. The van der Waals surface area contributed by atoms with Crippen LogP contribution in [-0.4, -0.2) is 53.0 Å². The van der Waals surface area contributed by atoms with Crippen molar-refractivity contribution >= 4 is 5.91 Å². The van der Waals surface area contributed by atoms with Gasteiger partial charge in [0.25, 0.3) is 0 Å². The summed E-state index contributed by atoms with van der Waals surface area (Å²) in [5.41, 5.74) is 0.238. The Hall–Kier alpha value is -1.39. The summed E-state index contributed by atoms with van der Waals surface area (Å²) in [5, 5.41) is 11.6. The van der Waals surface area contributed by atoms with Gasteiger partial charge in [0.15, 0.2) is 0 Å². The van der Waals surface area contributed by atoms with Crippen LogP contribution >= 0.6 is 0 Å². The molecule has 3 fully saturated rings. The van der Waals surface area contributed by atoms with Gasteiger partial charge in [-0.05, 0) is 51.3 Å². The van der Waals surface area contributed by atoms with Gasteiger partial charge in [-0.3, -0.25) is 9.69 Å². The fraction of sp³-hybridized carbons (Fsp3) is 0.667. The fourth-order valence-electron chi connectivity index (χ4n) is 5.46. The van der Waals surface area contributed by atoms with Crippen molar-refractivity contribution in [2.24, 2.45) is 5.92 Å². The molecule has 1 aliphatic carbocycles. The zero-order valence-corrected chi connectivity index (χ0v) is 15.2. The van der Waals surface area contributed by atoms with E-state index in [0.717, 1.165) is 50.6 Å². The summed E-state index contributed by atoms with van der Waals surface area (Å²) in [5.74, 6) is 0.458. The molecule has 4 heteroatoms. The number of piperidine rings is 1. The van der Waals surface area contributed by atoms with E-state index in [1.807, 2.05) is 30.3 Å². The van der Waals surface area contributed by atoms with Crippen LogP contribution in [0.15, 0.2) is 30.3 Å². The minimum Gasteiger partial charge on any atom is -0.385 e. The van der Waals surface area contributed by atoms with E-state index in [9.17, 15) is 9.90 Å². The standard InChI is InChI=1S/C21H30N2O2/c1-22-14-7-12-19(22)20(24)23-15-13-21(25,16-8-3-2-4-9-16)17-10-5-6-11-18(17)23/h2-4,8-9,17-19,25H,5-7,10-15H2,1H3/t17?,18?,19-,21?/m0/s1. The average Bonchev–Trinajstić information content (AvgIpc) is 3.08. The maximum Gasteiger partial charge on any atom is 0.240 e. The van der Waals surface area contributed by atoms with E-state index in [1.165, 1.54) is 0 Å². The topological polar surface area (TPSA) is 43.8 Å². The van der Waals surface area contributed by atoms with Gasteiger partial charge in [0, 0.05) is 18.5 Å². The molecule has 2 aliphatic heterocycles. The number of amides is 1. The van der Waals surface area contributed by atoms with Crippen LogP contribution in [0.2, 0.25) is 0 Å². The van der Waals surface area contributed by atoms with Gasteiger partial charge in [-0.15, -0.1) is 0 Å². The smallest absolute Gasteiger partial charge is 0.240 e. The van der Waals surface area contributed by atoms with E-state index in [-0.39, 0.29) is 18.0 Å². The van der Waals surface area contributed by atoms with Crippen molar-refractivity contribution in [1.82, 2.24) is 9.80 Å². The lowest BCUT2D eigenvalue weighted by molar-refractivity contribution is -0.158. The monoisotopic (exact) mass is 342 g/mol. The molecule has 4 atom stereocenters. The number of fused-ring (bicyclic) bond motifs is 1. The second-order valence-corrected chi connectivity index (χ2v) is 8.17. The van der Waals surface area contributed by atoms with E-state index in [2.05, 4.69) is 16.8 Å². The molecule has 4 nitrogen and oxygen atoms in total. The third-order valence-electron chi connectivity index (χ3n) is 6.84. The van der Waals surface area contributed by atoms with Gasteiger partial charge in [-0.2, -0.15) is 0 Å². The Labute approximate surface area is 150 Å². The van der Waals surface area contributed by atoms with Gasteiger partial charge in [-0.25, -0.2) is 0 Å². The lowest BCUT2D eigenvalue weighted by atomic mass is 9.66. The summed E-state index contributed by atoms with van der Waals surface area (Å²) in [6, 6.07) is 10.4. The van der Waals surface area contributed by atoms with Crippen LogP contribution in [0.1, 0.15) is 50.5 Å². The zero-order valence-electron chi connectivity index (χ0n) is 15.2. The molecular weight excluding hydrogens is 312 g/mol.